The van der Waals surface area contributed by atoms with Crippen LogP contribution in [0.25, 0.3) is 5.65 Å². The number of anilines is 1. The number of piperidine rings is 1. The summed E-state index contributed by atoms with van der Waals surface area (Å²) in [6.45, 7) is 2.00. The van der Waals surface area contributed by atoms with Gasteiger partial charge in [-0.1, -0.05) is 0 Å². The first-order valence-corrected chi connectivity index (χ1v) is 7.35. The van der Waals surface area contributed by atoms with Crippen LogP contribution >= 0.6 is 0 Å². The Kier molecular flexibility index (Phi) is 2.84. The highest BCUT2D eigenvalue weighted by molar-refractivity contribution is 5.46. The summed E-state index contributed by atoms with van der Waals surface area (Å²) in [7, 11) is 1.80. The zero-order valence-electron chi connectivity index (χ0n) is 11.7. The van der Waals surface area contributed by atoms with Gasteiger partial charge in [0.15, 0.2) is 11.5 Å². The van der Waals surface area contributed by atoms with Crippen molar-refractivity contribution in [2.75, 3.05) is 25.1 Å². The largest absolute Gasteiger partial charge is 0.381 e. The van der Waals surface area contributed by atoms with Gasteiger partial charge in [-0.2, -0.15) is 4.52 Å². The van der Waals surface area contributed by atoms with Gasteiger partial charge in [0.1, 0.15) is 5.82 Å². The Hall–Kier alpha value is -1.69. The minimum atomic E-state index is 0.395. The monoisotopic (exact) mass is 273 g/mol. The Morgan fingerprint density at radius 2 is 1.90 bits per heavy atom. The van der Waals surface area contributed by atoms with Crippen LogP contribution in [0.1, 0.15) is 37.4 Å². The molecule has 0 N–H and O–H groups in total. The van der Waals surface area contributed by atoms with Crippen LogP contribution in [0, 0.1) is 0 Å². The molecule has 0 radical (unpaired) electrons. The number of fused-ring (bicyclic) bond motifs is 1. The Balaban J connectivity index is 1.61. The number of nitrogens with zero attached hydrogens (tertiary/aromatic N) is 5. The van der Waals surface area contributed by atoms with Crippen molar-refractivity contribution in [3.63, 3.8) is 0 Å². The molecule has 1 aliphatic carbocycles. The van der Waals surface area contributed by atoms with Gasteiger partial charge in [0.2, 0.25) is 0 Å². The third-order valence-electron chi connectivity index (χ3n) is 4.31. The van der Waals surface area contributed by atoms with Crippen LogP contribution in [0.3, 0.4) is 0 Å². The van der Waals surface area contributed by atoms with Gasteiger partial charge in [-0.3, -0.25) is 0 Å². The minimum Gasteiger partial charge on any atom is -0.381 e. The summed E-state index contributed by atoms with van der Waals surface area (Å²) in [6, 6.07) is 4.07. The van der Waals surface area contributed by atoms with E-state index in [2.05, 4.69) is 15.1 Å². The Morgan fingerprint density at radius 3 is 2.60 bits per heavy atom. The molecule has 1 saturated heterocycles. The number of hydrogen-bond acceptors (Lipinski definition) is 5. The summed E-state index contributed by atoms with van der Waals surface area (Å²) >= 11 is 0. The molecule has 4 rings (SSSR count). The van der Waals surface area contributed by atoms with Crippen molar-refractivity contribution in [3.8, 4) is 0 Å². The molecular formula is C14H19N5O. The van der Waals surface area contributed by atoms with Crippen molar-refractivity contribution in [1.29, 1.82) is 0 Å². The van der Waals surface area contributed by atoms with E-state index in [0.717, 1.165) is 43.2 Å². The summed E-state index contributed by atoms with van der Waals surface area (Å²) in [5, 5.41) is 13.2. The molecule has 0 unspecified atom stereocenters. The van der Waals surface area contributed by atoms with Crippen molar-refractivity contribution in [1.82, 2.24) is 19.8 Å². The van der Waals surface area contributed by atoms with Gasteiger partial charge in [0.25, 0.3) is 0 Å². The minimum absolute atomic E-state index is 0.395. The zero-order chi connectivity index (χ0) is 13.5. The lowest BCUT2D eigenvalue weighted by Crippen LogP contribution is -2.37. The Morgan fingerprint density at radius 1 is 1.10 bits per heavy atom. The van der Waals surface area contributed by atoms with E-state index in [4.69, 9.17) is 9.84 Å². The highest BCUT2D eigenvalue weighted by atomic mass is 16.5. The third kappa shape index (κ3) is 2.04. The zero-order valence-corrected chi connectivity index (χ0v) is 11.7. The molecule has 6 heteroatoms. The predicted octanol–water partition coefficient (Wildman–Crippen LogP) is 1.62. The van der Waals surface area contributed by atoms with Crippen LogP contribution in [-0.2, 0) is 4.74 Å². The maximum absolute atomic E-state index is 5.42. The molecule has 2 aromatic rings. The van der Waals surface area contributed by atoms with Gasteiger partial charge in [-0.15, -0.1) is 15.3 Å². The topological polar surface area (TPSA) is 55.5 Å². The number of hydrogen-bond donors (Lipinski definition) is 0. The molecular weight excluding hydrogens is 254 g/mol. The standard InChI is InChI=1S/C14H19N5O/c1-20-11-6-8-18(9-7-11)13-5-4-12-15-16-14(10-2-3-10)19(12)17-13/h4-5,10-11H,2-3,6-9H2,1H3. The molecule has 0 aromatic carbocycles. The average molecular weight is 273 g/mol. The van der Waals surface area contributed by atoms with Gasteiger partial charge < -0.3 is 9.64 Å². The summed E-state index contributed by atoms with van der Waals surface area (Å²) in [5.74, 6) is 2.61. The molecule has 1 aliphatic heterocycles. The van der Waals surface area contributed by atoms with E-state index in [9.17, 15) is 0 Å². The summed E-state index contributed by atoms with van der Waals surface area (Å²) in [6.07, 6.45) is 4.95. The molecule has 20 heavy (non-hydrogen) atoms. The second kappa shape index (κ2) is 4.70. The molecule has 1 saturated carbocycles. The summed E-state index contributed by atoms with van der Waals surface area (Å²) < 4.78 is 7.35. The van der Waals surface area contributed by atoms with Gasteiger partial charge in [-0.25, -0.2) is 0 Å². The van der Waals surface area contributed by atoms with Crippen molar-refractivity contribution in [2.24, 2.45) is 0 Å². The van der Waals surface area contributed by atoms with E-state index >= 15 is 0 Å². The van der Waals surface area contributed by atoms with Gasteiger partial charge in [0, 0.05) is 26.1 Å². The first-order valence-electron chi connectivity index (χ1n) is 7.35. The van der Waals surface area contributed by atoms with Crippen LogP contribution < -0.4 is 4.90 Å². The molecule has 2 aliphatic rings. The van der Waals surface area contributed by atoms with E-state index in [-0.39, 0.29) is 0 Å². The highest BCUT2D eigenvalue weighted by Crippen LogP contribution is 2.38. The van der Waals surface area contributed by atoms with Gasteiger partial charge in [0.05, 0.1) is 6.10 Å². The van der Waals surface area contributed by atoms with Gasteiger partial charge >= 0.3 is 0 Å². The lowest BCUT2D eigenvalue weighted by Gasteiger charge is -2.31. The van der Waals surface area contributed by atoms with Crippen LogP contribution in [0.2, 0.25) is 0 Å². The Bertz CT molecular complexity index is 613. The van der Waals surface area contributed by atoms with E-state index < -0.39 is 0 Å². The predicted molar refractivity (Wildman–Crippen MR) is 75.0 cm³/mol. The average Bonchev–Trinajstić information content (AvgIpc) is 3.26. The van der Waals surface area contributed by atoms with Crippen molar-refractivity contribution in [3.05, 3.63) is 18.0 Å². The first kappa shape index (κ1) is 12.1. The van der Waals surface area contributed by atoms with E-state index in [1.165, 1.54) is 12.8 Å². The third-order valence-corrected chi connectivity index (χ3v) is 4.31. The maximum atomic E-state index is 5.42. The van der Waals surface area contributed by atoms with Crippen molar-refractivity contribution < 1.29 is 4.74 Å². The van der Waals surface area contributed by atoms with Crippen molar-refractivity contribution in [2.45, 2.75) is 37.7 Å². The molecule has 0 spiro atoms. The number of ether oxygens (including phenoxy) is 1. The van der Waals surface area contributed by atoms with Crippen molar-refractivity contribution >= 4 is 11.5 Å². The summed E-state index contributed by atoms with van der Waals surface area (Å²) in [5.41, 5.74) is 0.849. The number of rotatable bonds is 3. The molecule has 2 fully saturated rings. The fraction of sp³-hybridized carbons (Fsp3) is 0.643. The van der Waals surface area contributed by atoms with Gasteiger partial charge in [-0.05, 0) is 37.8 Å². The molecule has 3 heterocycles. The first-order chi connectivity index (χ1) is 9.85. The van der Waals surface area contributed by atoms with Crippen LogP contribution in [0.4, 0.5) is 5.82 Å². The SMILES string of the molecule is COC1CCN(c2ccc3nnc(C4CC4)n3n2)CC1. The number of methoxy groups -OCH3 is 1. The molecule has 2 aromatic heterocycles. The van der Waals surface area contributed by atoms with E-state index in [1.807, 2.05) is 16.6 Å². The second-order valence-electron chi connectivity index (χ2n) is 5.72. The molecule has 0 bridgehead atoms. The Labute approximate surface area is 117 Å². The lowest BCUT2D eigenvalue weighted by atomic mass is 10.1. The lowest BCUT2D eigenvalue weighted by molar-refractivity contribution is 0.0817. The smallest absolute Gasteiger partial charge is 0.178 e. The normalized spacial score (nSPS) is 20.8. The fourth-order valence-electron chi connectivity index (χ4n) is 2.88. The molecule has 6 nitrogen and oxygen atoms in total. The highest BCUT2D eigenvalue weighted by Gasteiger charge is 2.29. The maximum Gasteiger partial charge on any atom is 0.178 e. The van der Waals surface area contributed by atoms with E-state index in [0.29, 0.717) is 12.0 Å². The number of aromatic nitrogens is 4. The fourth-order valence-corrected chi connectivity index (χ4v) is 2.88. The molecule has 0 amide bonds. The summed E-state index contributed by atoms with van der Waals surface area (Å²) in [4.78, 5) is 2.33. The quantitative estimate of drug-likeness (QED) is 0.850. The van der Waals surface area contributed by atoms with Crippen LogP contribution in [0.15, 0.2) is 12.1 Å². The van der Waals surface area contributed by atoms with E-state index in [1.54, 1.807) is 7.11 Å². The van der Waals surface area contributed by atoms with Crippen LogP contribution in [0.5, 0.6) is 0 Å². The second-order valence-corrected chi connectivity index (χ2v) is 5.72. The molecule has 0 atom stereocenters. The molecule has 106 valence electrons. The van der Waals surface area contributed by atoms with Crippen LogP contribution in [-0.4, -0.2) is 46.1 Å².